The topological polar surface area (TPSA) is 35.5 Å². The Hall–Kier alpha value is -1.42. The minimum atomic E-state index is -0.524. The van der Waals surface area contributed by atoms with Crippen molar-refractivity contribution in [1.82, 2.24) is 0 Å². The SMILES string of the molecule is Cc1ccc(C)c(OC(=O)COc2cc(Cl)c(Cl)cc2Cl)c1C. The Kier molecular flexibility index (Phi) is 5.79. The summed E-state index contributed by atoms with van der Waals surface area (Å²) >= 11 is 17.7. The molecule has 23 heavy (non-hydrogen) atoms. The summed E-state index contributed by atoms with van der Waals surface area (Å²) in [7, 11) is 0. The predicted molar refractivity (Wildman–Crippen MR) is 93.3 cm³/mol. The van der Waals surface area contributed by atoms with Gasteiger partial charge in [0.15, 0.2) is 6.61 Å². The number of benzene rings is 2. The van der Waals surface area contributed by atoms with Gasteiger partial charge in [-0.15, -0.1) is 0 Å². The molecule has 2 aromatic carbocycles. The molecule has 0 atom stereocenters. The molecule has 6 heteroatoms. The van der Waals surface area contributed by atoms with Gasteiger partial charge < -0.3 is 9.47 Å². The Balaban J connectivity index is 2.07. The quantitative estimate of drug-likeness (QED) is 0.400. The summed E-state index contributed by atoms with van der Waals surface area (Å²) in [5.41, 5.74) is 2.85. The van der Waals surface area contributed by atoms with Gasteiger partial charge in [0.2, 0.25) is 0 Å². The van der Waals surface area contributed by atoms with E-state index in [1.165, 1.54) is 12.1 Å². The highest BCUT2D eigenvalue weighted by Gasteiger charge is 2.14. The van der Waals surface area contributed by atoms with Crippen molar-refractivity contribution in [2.45, 2.75) is 20.8 Å². The minimum Gasteiger partial charge on any atom is -0.480 e. The molecule has 0 aliphatic heterocycles. The van der Waals surface area contributed by atoms with E-state index in [-0.39, 0.29) is 17.4 Å². The van der Waals surface area contributed by atoms with Crippen LogP contribution in [0.5, 0.6) is 11.5 Å². The Bertz CT molecular complexity index is 757. The molecule has 2 rings (SSSR count). The van der Waals surface area contributed by atoms with Crippen LogP contribution in [-0.4, -0.2) is 12.6 Å². The maximum absolute atomic E-state index is 12.0. The van der Waals surface area contributed by atoms with Crippen molar-refractivity contribution in [3.8, 4) is 11.5 Å². The molecule has 0 amide bonds. The molecular weight excluding hydrogens is 359 g/mol. The number of aryl methyl sites for hydroxylation is 2. The Morgan fingerprint density at radius 2 is 1.57 bits per heavy atom. The molecule has 0 radical (unpaired) electrons. The molecule has 2 aromatic rings. The lowest BCUT2D eigenvalue weighted by atomic mass is 10.1. The van der Waals surface area contributed by atoms with Gasteiger partial charge in [-0.05, 0) is 43.5 Å². The molecule has 0 fully saturated rings. The molecule has 0 saturated carbocycles. The number of rotatable bonds is 4. The van der Waals surface area contributed by atoms with Crippen molar-refractivity contribution in [3.63, 3.8) is 0 Å². The molecule has 0 aliphatic carbocycles. The number of halogens is 3. The molecule has 0 aromatic heterocycles. The van der Waals surface area contributed by atoms with Gasteiger partial charge in [-0.1, -0.05) is 46.9 Å². The smallest absolute Gasteiger partial charge is 0.349 e. The number of hydrogen-bond donors (Lipinski definition) is 0. The molecular formula is C17H15Cl3O3. The third kappa shape index (κ3) is 4.31. The molecule has 0 spiro atoms. The second-order valence-electron chi connectivity index (χ2n) is 5.11. The van der Waals surface area contributed by atoms with Crippen LogP contribution in [0, 0.1) is 20.8 Å². The molecule has 0 unspecified atom stereocenters. The van der Waals surface area contributed by atoms with E-state index >= 15 is 0 Å². The van der Waals surface area contributed by atoms with Gasteiger partial charge in [-0.25, -0.2) is 4.79 Å². The normalized spacial score (nSPS) is 10.5. The highest BCUT2D eigenvalue weighted by molar-refractivity contribution is 6.43. The van der Waals surface area contributed by atoms with E-state index in [1.807, 2.05) is 32.9 Å². The third-order valence-electron chi connectivity index (χ3n) is 3.41. The summed E-state index contributed by atoms with van der Waals surface area (Å²) in [6.45, 7) is 5.45. The zero-order valence-corrected chi connectivity index (χ0v) is 15.1. The zero-order valence-electron chi connectivity index (χ0n) is 12.9. The van der Waals surface area contributed by atoms with Gasteiger partial charge in [0.05, 0.1) is 15.1 Å². The maximum Gasteiger partial charge on any atom is 0.349 e. The van der Waals surface area contributed by atoms with E-state index in [2.05, 4.69) is 0 Å². The van der Waals surface area contributed by atoms with E-state index in [4.69, 9.17) is 44.3 Å². The van der Waals surface area contributed by atoms with Gasteiger partial charge >= 0.3 is 5.97 Å². The van der Waals surface area contributed by atoms with Gasteiger partial charge in [0, 0.05) is 6.07 Å². The van der Waals surface area contributed by atoms with Crippen LogP contribution in [0.15, 0.2) is 24.3 Å². The fourth-order valence-electron chi connectivity index (χ4n) is 1.98. The van der Waals surface area contributed by atoms with Gasteiger partial charge in [0.1, 0.15) is 11.5 Å². The van der Waals surface area contributed by atoms with Crippen LogP contribution in [0.1, 0.15) is 16.7 Å². The number of hydrogen-bond acceptors (Lipinski definition) is 3. The highest BCUT2D eigenvalue weighted by Crippen LogP contribution is 2.34. The Morgan fingerprint density at radius 1 is 0.957 bits per heavy atom. The number of ether oxygens (including phenoxy) is 2. The van der Waals surface area contributed by atoms with Gasteiger partial charge in [-0.3, -0.25) is 0 Å². The molecule has 122 valence electrons. The number of esters is 1. The van der Waals surface area contributed by atoms with E-state index in [9.17, 15) is 4.79 Å². The van der Waals surface area contributed by atoms with Crippen LogP contribution in [-0.2, 0) is 4.79 Å². The molecule has 0 N–H and O–H groups in total. The predicted octanol–water partition coefficient (Wildman–Crippen LogP) is 5.56. The largest absolute Gasteiger partial charge is 0.480 e. The van der Waals surface area contributed by atoms with Crippen LogP contribution in [0.2, 0.25) is 15.1 Å². The van der Waals surface area contributed by atoms with Crippen molar-refractivity contribution in [2.24, 2.45) is 0 Å². The van der Waals surface area contributed by atoms with Crippen molar-refractivity contribution in [2.75, 3.05) is 6.61 Å². The van der Waals surface area contributed by atoms with Crippen LogP contribution in [0.4, 0.5) is 0 Å². The fourth-order valence-corrected chi connectivity index (χ4v) is 2.57. The summed E-state index contributed by atoms with van der Waals surface area (Å²) in [6, 6.07) is 6.80. The van der Waals surface area contributed by atoms with E-state index in [0.717, 1.165) is 16.7 Å². The van der Waals surface area contributed by atoms with Gasteiger partial charge in [0.25, 0.3) is 0 Å². The average molecular weight is 374 g/mol. The second-order valence-corrected chi connectivity index (χ2v) is 6.33. The highest BCUT2D eigenvalue weighted by atomic mass is 35.5. The Labute approximate surface area is 150 Å². The first-order valence-corrected chi connectivity index (χ1v) is 7.97. The standard InChI is InChI=1S/C17H15Cl3O3/c1-9-4-5-10(2)17(11(9)3)23-16(21)8-22-15-7-13(19)12(18)6-14(15)20/h4-7H,8H2,1-3H3. The molecule has 0 aliphatic rings. The first kappa shape index (κ1) is 17.9. The van der Waals surface area contributed by atoms with E-state index in [1.54, 1.807) is 0 Å². The van der Waals surface area contributed by atoms with Crippen molar-refractivity contribution >= 4 is 40.8 Å². The lowest BCUT2D eigenvalue weighted by molar-refractivity contribution is -0.136. The summed E-state index contributed by atoms with van der Waals surface area (Å²) in [5.74, 6) is 0.304. The molecule has 3 nitrogen and oxygen atoms in total. The summed E-state index contributed by atoms with van der Waals surface area (Å²) < 4.78 is 10.8. The summed E-state index contributed by atoms with van der Waals surface area (Å²) in [5, 5.41) is 0.887. The van der Waals surface area contributed by atoms with Crippen molar-refractivity contribution < 1.29 is 14.3 Å². The van der Waals surface area contributed by atoms with E-state index < -0.39 is 5.97 Å². The lowest BCUT2D eigenvalue weighted by Gasteiger charge is -2.13. The number of carbonyl (C=O) groups excluding carboxylic acids is 1. The first-order valence-electron chi connectivity index (χ1n) is 6.84. The summed E-state index contributed by atoms with van der Waals surface area (Å²) in [4.78, 5) is 12.0. The average Bonchev–Trinajstić information content (AvgIpc) is 2.50. The zero-order chi connectivity index (χ0) is 17.1. The minimum absolute atomic E-state index is 0.273. The van der Waals surface area contributed by atoms with Crippen molar-refractivity contribution in [1.29, 1.82) is 0 Å². The third-order valence-corrected chi connectivity index (χ3v) is 4.43. The van der Waals surface area contributed by atoms with Crippen LogP contribution in [0.25, 0.3) is 0 Å². The molecule has 0 bridgehead atoms. The van der Waals surface area contributed by atoms with Crippen LogP contribution >= 0.6 is 34.8 Å². The monoisotopic (exact) mass is 372 g/mol. The van der Waals surface area contributed by atoms with E-state index in [0.29, 0.717) is 15.8 Å². The van der Waals surface area contributed by atoms with Crippen molar-refractivity contribution in [3.05, 3.63) is 56.0 Å². The second kappa shape index (κ2) is 7.43. The first-order chi connectivity index (χ1) is 10.8. The molecule has 0 heterocycles. The van der Waals surface area contributed by atoms with Crippen LogP contribution in [0.3, 0.4) is 0 Å². The Morgan fingerprint density at radius 3 is 2.26 bits per heavy atom. The number of carbonyl (C=O) groups is 1. The lowest BCUT2D eigenvalue weighted by Crippen LogP contribution is -2.19. The van der Waals surface area contributed by atoms with Gasteiger partial charge in [-0.2, -0.15) is 0 Å². The summed E-state index contributed by atoms with van der Waals surface area (Å²) in [6.07, 6.45) is 0. The fraction of sp³-hybridized carbons (Fsp3) is 0.235. The maximum atomic E-state index is 12.0. The molecule has 0 saturated heterocycles. The van der Waals surface area contributed by atoms with Crippen LogP contribution < -0.4 is 9.47 Å².